The van der Waals surface area contributed by atoms with Gasteiger partial charge in [-0.3, -0.25) is 0 Å². The van der Waals surface area contributed by atoms with Gasteiger partial charge in [-0.15, -0.1) is 0 Å². The van der Waals surface area contributed by atoms with Crippen molar-refractivity contribution >= 4 is 0 Å². The minimum atomic E-state index is -0.660. The highest BCUT2D eigenvalue weighted by molar-refractivity contribution is 5.24. The number of hydrogen-bond donors (Lipinski definition) is 0. The van der Waals surface area contributed by atoms with Gasteiger partial charge in [-0.05, 0) is 42.2 Å². The van der Waals surface area contributed by atoms with Gasteiger partial charge in [0.1, 0.15) is 5.82 Å². The molecule has 0 radical (unpaired) electrons. The summed E-state index contributed by atoms with van der Waals surface area (Å²) in [6.07, 6.45) is 7.81. The maximum absolute atomic E-state index is 13.4. The second kappa shape index (κ2) is 6.07. The molecule has 0 N–H and O–H groups in total. The molecule has 3 rings (SSSR count). The highest BCUT2D eigenvalue weighted by Gasteiger charge is 2.26. The molecule has 4 nitrogen and oxygen atoms in total. The molecular formula is C17H21FN4. The van der Waals surface area contributed by atoms with E-state index in [2.05, 4.69) is 40.7 Å². The van der Waals surface area contributed by atoms with Gasteiger partial charge in [0, 0.05) is 24.5 Å². The molecule has 0 unspecified atom stereocenters. The fourth-order valence-electron chi connectivity index (χ4n) is 2.61. The number of aromatic nitrogens is 4. The Morgan fingerprint density at radius 2 is 1.77 bits per heavy atom. The van der Waals surface area contributed by atoms with Gasteiger partial charge in [0.15, 0.2) is 0 Å². The molecule has 0 amide bonds. The molecule has 1 atom stereocenters. The van der Waals surface area contributed by atoms with Crippen LogP contribution in [0.15, 0.2) is 18.6 Å². The molecule has 1 aliphatic rings. The fraction of sp³-hybridized carbons (Fsp3) is 0.529. The van der Waals surface area contributed by atoms with Gasteiger partial charge >= 0.3 is 6.08 Å². The second-order valence-electron chi connectivity index (χ2n) is 6.45. The van der Waals surface area contributed by atoms with E-state index in [0.717, 1.165) is 22.6 Å². The maximum Gasteiger partial charge on any atom is 0.308 e. The summed E-state index contributed by atoms with van der Waals surface area (Å²) >= 11 is 0. The molecule has 0 saturated heterocycles. The Kier molecular flexibility index (Phi) is 4.14. The van der Waals surface area contributed by atoms with Crippen LogP contribution in [0.4, 0.5) is 4.39 Å². The molecular weight excluding hydrogens is 279 g/mol. The van der Waals surface area contributed by atoms with Gasteiger partial charge in [0.25, 0.3) is 0 Å². The van der Waals surface area contributed by atoms with Crippen molar-refractivity contribution in [1.82, 2.24) is 19.9 Å². The van der Waals surface area contributed by atoms with Crippen molar-refractivity contribution < 1.29 is 4.39 Å². The van der Waals surface area contributed by atoms with E-state index in [-0.39, 0.29) is 11.8 Å². The summed E-state index contributed by atoms with van der Waals surface area (Å²) in [5.74, 6) is 1.98. The van der Waals surface area contributed by atoms with Crippen LogP contribution in [0.25, 0.3) is 0 Å². The third-order valence-electron chi connectivity index (χ3n) is 4.20. The SMILES string of the molecule is CC(C)c1cnc(F)nc1C[C@@H](C)c1cnc(C2CC2)nc1. The van der Waals surface area contributed by atoms with Crippen LogP contribution >= 0.6 is 0 Å². The van der Waals surface area contributed by atoms with E-state index in [1.807, 2.05) is 12.4 Å². The largest absolute Gasteiger partial charge is 0.308 e. The lowest BCUT2D eigenvalue weighted by Gasteiger charge is -2.15. The average Bonchev–Trinajstić information content (AvgIpc) is 3.32. The Balaban J connectivity index is 1.78. The predicted molar refractivity (Wildman–Crippen MR) is 82.2 cm³/mol. The summed E-state index contributed by atoms with van der Waals surface area (Å²) in [6.45, 7) is 6.23. The van der Waals surface area contributed by atoms with Gasteiger partial charge in [0.05, 0.1) is 5.69 Å². The molecule has 0 aliphatic heterocycles. The molecule has 1 aliphatic carbocycles. The Labute approximate surface area is 130 Å². The van der Waals surface area contributed by atoms with Crippen molar-refractivity contribution in [2.24, 2.45) is 0 Å². The fourth-order valence-corrected chi connectivity index (χ4v) is 2.61. The Morgan fingerprint density at radius 3 is 2.36 bits per heavy atom. The second-order valence-corrected chi connectivity index (χ2v) is 6.45. The summed E-state index contributed by atoms with van der Waals surface area (Å²) in [5, 5.41) is 0. The Hall–Kier alpha value is -1.91. The zero-order valence-electron chi connectivity index (χ0n) is 13.3. The molecule has 2 aromatic heterocycles. The summed E-state index contributed by atoms with van der Waals surface area (Å²) in [7, 11) is 0. The topological polar surface area (TPSA) is 51.6 Å². The molecule has 116 valence electrons. The first-order valence-electron chi connectivity index (χ1n) is 7.87. The van der Waals surface area contributed by atoms with Crippen molar-refractivity contribution in [2.75, 3.05) is 0 Å². The smallest absolute Gasteiger partial charge is 0.241 e. The average molecular weight is 300 g/mol. The highest BCUT2D eigenvalue weighted by atomic mass is 19.1. The molecule has 22 heavy (non-hydrogen) atoms. The van der Waals surface area contributed by atoms with Crippen molar-refractivity contribution in [2.45, 2.75) is 57.8 Å². The lowest BCUT2D eigenvalue weighted by molar-refractivity contribution is 0.523. The van der Waals surface area contributed by atoms with Crippen LogP contribution in [0.2, 0.25) is 0 Å². The summed E-state index contributed by atoms with van der Waals surface area (Å²) in [6, 6.07) is 0. The molecule has 2 heterocycles. The zero-order chi connectivity index (χ0) is 15.7. The van der Waals surface area contributed by atoms with Gasteiger partial charge in [-0.1, -0.05) is 20.8 Å². The standard InChI is InChI=1S/C17H21FN4/c1-10(2)14-9-21-17(18)22-15(14)6-11(3)13-7-19-16(20-8-13)12-4-5-12/h7-12H,4-6H2,1-3H3/t11-/m1/s1. The number of nitrogens with zero attached hydrogens (tertiary/aromatic N) is 4. The van der Waals surface area contributed by atoms with E-state index < -0.39 is 6.08 Å². The predicted octanol–water partition coefficient (Wildman–Crippen LogP) is 3.75. The Bertz CT molecular complexity index is 650. The monoisotopic (exact) mass is 300 g/mol. The first kappa shape index (κ1) is 15.0. The molecule has 2 aromatic rings. The Morgan fingerprint density at radius 1 is 1.09 bits per heavy atom. The van der Waals surface area contributed by atoms with E-state index in [9.17, 15) is 4.39 Å². The van der Waals surface area contributed by atoms with Crippen LogP contribution in [0, 0.1) is 6.08 Å². The lowest BCUT2D eigenvalue weighted by atomic mass is 9.93. The minimum absolute atomic E-state index is 0.194. The first-order valence-corrected chi connectivity index (χ1v) is 7.87. The molecule has 0 spiro atoms. The van der Waals surface area contributed by atoms with Gasteiger partial charge in [-0.2, -0.15) is 4.39 Å². The summed E-state index contributed by atoms with van der Waals surface area (Å²) in [5.41, 5.74) is 2.85. The van der Waals surface area contributed by atoms with Crippen molar-refractivity contribution in [1.29, 1.82) is 0 Å². The molecule has 5 heteroatoms. The van der Waals surface area contributed by atoms with Crippen LogP contribution in [-0.4, -0.2) is 19.9 Å². The normalized spacial score (nSPS) is 16.0. The van der Waals surface area contributed by atoms with Crippen molar-refractivity contribution in [3.63, 3.8) is 0 Å². The van der Waals surface area contributed by atoms with Gasteiger partial charge in [0.2, 0.25) is 0 Å². The lowest BCUT2D eigenvalue weighted by Crippen LogP contribution is -2.09. The third kappa shape index (κ3) is 3.29. The van der Waals surface area contributed by atoms with E-state index in [4.69, 9.17) is 0 Å². The van der Waals surface area contributed by atoms with Crippen molar-refractivity contribution in [3.8, 4) is 0 Å². The minimum Gasteiger partial charge on any atom is -0.241 e. The molecule has 1 saturated carbocycles. The first-order chi connectivity index (χ1) is 10.5. The van der Waals surface area contributed by atoms with E-state index >= 15 is 0 Å². The number of rotatable bonds is 5. The summed E-state index contributed by atoms with van der Waals surface area (Å²) in [4.78, 5) is 16.6. The zero-order valence-corrected chi connectivity index (χ0v) is 13.3. The molecule has 1 fully saturated rings. The van der Waals surface area contributed by atoms with E-state index in [1.54, 1.807) is 6.20 Å². The number of hydrogen-bond acceptors (Lipinski definition) is 4. The van der Waals surface area contributed by atoms with E-state index in [0.29, 0.717) is 12.3 Å². The van der Waals surface area contributed by atoms with Gasteiger partial charge in [-0.25, -0.2) is 19.9 Å². The highest BCUT2D eigenvalue weighted by Crippen LogP contribution is 2.37. The third-order valence-corrected chi connectivity index (χ3v) is 4.20. The quantitative estimate of drug-likeness (QED) is 0.789. The maximum atomic E-state index is 13.4. The van der Waals surface area contributed by atoms with Gasteiger partial charge < -0.3 is 0 Å². The van der Waals surface area contributed by atoms with Crippen LogP contribution in [0.5, 0.6) is 0 Å². The molecule has 0 aromatic carbocycles. The van der Waals surface area contributed by atoms with Crippen LogP contribution < -0.4 is 0 Å². The van der Waals surface area contributed by atoms with Crippen molar-refractivity contribution in [3.05, 3.63) is 47.3 Å². The number of halogens is 1. The summed E-state index contributed by atoms with van der Waals surface area (Å²) < 4.78 is 13.4. The van der Waals surface area contributed by atoms with E-state index in [1.165, 1.54) is 12.8 Å². The van der Waals surface area contributed by atoms with Crippen LogP contribution in [-0.2, 0) is 6.42 Å². The van der Waals surface area contributed by atoms with Crippen LogP contribution in [0.3, 0.4) is 0 Å². The van der Waals surface area contributed by atoms with Crippen LogP contribution in [0.1, 0.15) is 74.0 Å². The molecule has 0 bridgehead atoms.